The first-order chi connectivity index (χ1) is 17.9. The Hall–Kier alpha value is -3.07. The van der Waals surface area contributed by atoms with Gasteiger partial charge in [0, 0.05) is 6.92 Å². The number of hydrogen-bond acceptors (Lipinski definition) is 6. The topological polar surface area (TPSA) is 86.3 Å². The van der Waals surface area contributed by atoms with Gasteiger partial charge in [0.25, 0.3) is 0 Å². The lowest BCUT2D eigenvalue weighted by molar-refractivity contribution is -0.313. The molecule has 0 bridgehead atoms. The maximum absolute atomic E-state index is 12.2. The summed E-state index contributed by atoms with van der Waals surface area (Å²) in [6, 6.07) is 28.5. The molecule has 37 heavy (non-hydrogen) atoms. The van der Waals surface area contributed by atoms with E-state index >= 15 is 0 Å². The van der Waals surface area contributed by atoms with Crippen molar-refractivity contribution in [2.45, 2.75) is 63.8 Å². The van der Waals surface area contributed by atoms with Crippen LogP contribution in [-0.4, -0.2) is 47.8 Å². The molecule has 3 aromatic carbocycles. The molecule has 0 aromatic heterocycles. The monoisotopic (exact) mass is 505 g/mol. The number of carbonyl (C=O) groups is 1. The Morgan fingerprint density at radius 2 is 1.32 bits per heavy atom. The third-order valence-corrected chi connectivity index (χ3v) is 6.43. The fourth-order valence-electron chi connectivity index (χ4n) is 4.45. The van der Waals surface area contributed by atoms with Crippen LogP contribution in [0, 0.1) is 0 Å². The largest absolute Gasteiger partial charge is 0.385 e. The number of amides is 1. The molecule has 0 spiro atoms. The van der Waals surface area contributed by atoms with Crippen molar-refractivity contribution in [2.24, 2.45) is 0 Å². The molecule has 5 atom stereocenters. The average molecular weight is 506 g/mol. The molecule has 0 saturated carbocycles. The van der Waals surface area contributed by atoms with Crippen molar-refractivity contribution < 1.29 is 28.8 Å². The molecular weight excluding hydrogens is 470 g/mol. The fraction of sp³-hybridized carbons (Fsp3) is 0.367. The molecule has 0 unspecified atom stereocenters. The molecule has 7 nitrogen and oxygen atoms in total. The molecule has 7 heteroatoms. The van der Waals surface area contributed by atoms with Gasteiger partial charge in [-0.2, -0.15) is 0 Å². The Balaban J connectivity index is 1.54. The third kappa shape index (κ3) is 7.47. The average Bonchev–Trinajstić information content (AvgIpc) is 2.90. The normalized spacial score (nSPS) is 25.5. The van der Waals surface area contributed by atoms with Crippen molar-refractivity contribution in [1.82, 2.24) is 5.32 Å². The zero-order chi connectivity index (χ0) is 26.1. The van der Waals surface area contributed by atoms with Gasteiger partial charge < -0.3 is 29.4 Å². The van der Waals surface area contributed by atoms with Crippen LogP contribution >= 0.6 is 0 Å². The first kappa shape index (κ1) is 27.0. The SMILES string of the molecule is CC(=O)N[C@H]1[C@@H](OCc2ccccc2)O[C@H](COCc2ccccc2)[C@@](C)(O)[C@@H]1OCc1ccccc1. The second kappa shape index (κ2) is 12.9. The van der Waals surface area contributed by atoms with Crippen LogP contribution < -0.4 is 5.32 Å². The molecule has 1 fully saturated rings. The molecule has 1 heterocycles. The highest BCUT2D eigenvalue weighted by molar-refractivity contribution is 5.73. The van der Waals surface area contributed by atoms with Gasteiger partial charge in [0.05, 0.1) is 26.4 Å². The van der Waals surface area contributed by atoms with Crippen molar-refractivity contribution >= 4 is 5.91 Å². The molecule has 0 aliphatic carbocycles. The van der Waals surface area contributed by atoms with Gasteiger partial charge in [-0.3, -0.25) is 4.79 Å². The van der Waals surface area contributed by atoms with E-state index in [2.05, 4.69) is 5.32 Å². The number of rotatable bonds is 11. The number of ether oxygens (including phenoxy) is 4. The number of hydrogen-bond donors (Lipinski definition) is 2. The van der Waals surface area contributed by atoms with Gasteiger partial charge in [0.1, 0.15) is 23.9 Å². The van der Waals surface area contributed by atoms with Crippen LogP contribution in [0.5, 0.6) is 0 Å². The third-order valence-electron chi connectivity index (χ3n) is 6.43. The van der Waals surface area contributed by atoms with E-state index in [4.69, 9.17) is 18.9 Å². The van der Waals surface area contributed by atoms with E-state index in [0.717, 1.165) is 16.7 Å². The predicted molar refractivity (Wildman–Crippen MR) is 139 cm³/mol. The van der Waals surface area contributed by atoms with E-state index < -0.39 is 30.1 Å². The van der Waals surface area contributed by atoms with Crippen LogP contribution in [-0.2, 0) is 43.6 Å². The number of nitrogens with one attached hydrogen (secondary N) is 1. The zero-order valence-electron chi connectivity index (χ0n) is 21.3. The van der Waals surface area contributed by atoms with Crippen LogP contribution in [0.1, 0.15) is 30.5 Å². The van der Waals surface area contributed by atoms with Gasteiger partial charge in [-0.15, -0.1) is 0 Å². The molecule has 1 amide bonds. The number of benzene rings is 3. The maximum Gasteiger partial charge on any atom is 0.217 e. The second-order valence-electron chi connectivity index (χ2n) is 9.46. The molecule has 0 radical (unpaired) electrons. The van der Waals surface area contributed by atoms with Gasteiger partial charge in [-0.05, 0) is 23.6 Å². The van der Waals surface area contributed by atoms with Gasteiger partial charge in [-0.25, -0.2) is 0 Å². The van der Waals surface area contributed by atoms with Crippen LogP contribution in [0.3, 0.4) is 0 Å². The molecule has 3 aromatic rings. The fourth-order valence-corrected chi connectivity index (χ4v) is 4.45. The number of carbonyl (C=O) groups excluding carboxylic acids is 1. The second-order valence-corrected chi connectivity index (χ2v) is 9.46. The molecule has 4 rings (SSSR count). The summed E-state index contributed by atoms with van der Waals surface area (Å²) >= 11 is 0. The molecule has 196 valence electrons. The lowest BCUT2D eigenvalue weighted by atomic mass is 9.84. The maximum atomic E-state index is 12.2. The van der Waals surface area contributed by atoms with E-state index in [1.54, 1.807) is 6.92 Å². The highest BCUT2D eigenvalue weighted by Crippen LogP contribution is 2.34. The van der Waals surface area contributed by atoms with Crippen LogP contribution in [0.2, 0.25) is 0 Å². The molecular formula is C30H35NO6. The Kier molecular flexibility index (Phi) is 9.44. The molecule has 2 N–H and O–H groups in total. The standard InChI is InChI=1S/C30H35NO6/c1-22(32)31-27-28(35-19-24-14-8-4-9-15-24)30(2,33)26(21-34-18-23-12-6-3-7-13-23)37-29(27)36-20-25-16-10-5-11-17-25/h3-17,26-29,33H,18-21H2,1-2H3,(H,31,32)/t26-,27-,28-,29+,30-/m1/s1. The predicted octanol–water partition coefficient (Wildman–Crippen LogP) is 3.99. The lowest BCUT2D eigenvalue weighted by Gasteiger charge is -2.50. The summed E-state index contributed by atoms with van der Waals surface area (Å²) in [5.74, 6) is -0.273. The first-order valence-corrected chi connectivity index (χ1v) is 12.5. The van der Waals surface area contributed by atoms with Crippen LogP contribution in [0.4, 0.5) is 0 Å². The quantitative estimate of drug-likeness (QED) is 0.410. The Labute approximate surface area is 218 Å². The molecule has 1 saturated heterocycles. The lowest BCUT2D eigenvalue weighted by Crippen LogP contribution is -2.70. The Morgan fingerprint density at radius 3 is 1.84 bits per heavy atom. The smallest absolute Gasteiger partial charge is 0.217 e. The van der Waals surface area contributed by atoms with Crippen LogP contribution in [0.15, 0.2) is 91.0 Å². The molecule has 1 aliphatic rings. The van der Waals surface area contributed by atoms with E-state index in [1.807, 2.05) is 91.0 Å². The van der Waals surface area contributed by atoms with Gasteiger partial charge >= 0.3 is 0 Å². The van der Waals surface area contributed by atoms with Crippen molar-refractivity contribution in [3.05, 3.63) is 108 Å². The van der Waals surface area contributed by atoms with E-state index in [0.29, 0.717) is 6.61 Å². The summed E-state index contributed by atoms with van der Waals surface area (Å²) in [6.07, 6.45) is -2.45. The van der Waals surface area contributed by atoms with E-state index in [-0.39, 0.29) is 25.7 Å². The Morgan fingerprint density at radius 1 is 0.838 bits per heavy atom. The van der Waals surface area contributed by atoms with E-state index in [9.17, 15) is 9.90 Å². The summed E-state index contributed by atoms with van der Waals surface area (Å²) in [7, 11) is 0. The summed E-state index contributed by atoms with van der Waals surface area (Å²) in [5, 5.41) is 14.6. The van der Waals surface area contributed by atoms with Crippen molar-refractivity contribution in [3.63, 3.8) is 0 Å². The molecule has 1 aliphatic heterocycles. The zero-order valence-corrected chi connectivity index (χ0v) is 21.3. The summed E-state index contributed by atoms with van der Waals surface area (Å²) < 4.78 is 24.7. The van der Waals surface area contributed by atoms with Gasteiger partial charge in [-0.1, -0.05) is 91.0 Å². The summed E-state index contributed by atoms with van der Waals surface area (Å²) in [6.45, 7) is 4.09. The highest BCUT2D eigenvalue weighted by Gasteiger charge is 2.54. The number of aliphatic hydroxyl groups is 1. The summed E-state index contributed by atoms with van der Waals surface area (Å²) in [4.78, 5) is 12.2. The summed E-state index contributed by atoms with van der Waals surface area (Å²) in [5.41, 5.74) is 1.45. The van der Waals surface area contributed by atoms with Crippen molar-refractivity contribution in [3.8, 4) is 0 Å². The van der Waals surface area contributed by atoms with Gasteiger partial charge in [0.2, 0.25) is 5.91 Å². The van der Waals surface area contributed by atoms with Crippen molar-refractivity contribution in [1.29, 1.82) is 0 Å². The first-order valence-electron chi connectivity index (χ1n) is 12.5. The minimum atomic E-state index is -1.48. The van der Waals surface area contributed by atoms with Crippen molar-refractivity contribution in [2.75, 3.05) is 6.61 Å². The van der Waals surface area contributed by atoms with Gasteiger partial charge in [0.15, 0.2) is 6.29 Å². The minimum absolute atomic E-state index is 0.116. The van der Waals surface area contributed by atoms with Crippen LogP contribution in [0.25, 0.3) is 0 Å². The minimum Gasteiger partial charge on any atom is -0.385 e. The van der Waals surface area contributed by atoms with E-state index in [1.165, 1.54) is 6.92 Å². The highest BCUT2D eigenvalue weighted by atomic mass is 16.7. The Bertz CT molecular complexity index is 1090.